The fraction of sp³-hybridized carbons (Fsp3) is 0.0357. The monoisotopic (exact) mass is 413 g/mol. The Labute approximate surface area is 185 Å². The molecule has 2 aromatic heterocycles. The minimum Gasteiger partial charge on any atom is -0.279 e. The predicted molar refractivity (Wildman–Crippen MR) is 126 cm³/mol. The normalized spacial score (nSPS) is 14.5. The van der Waals surface area contributed by atoms with Crippen molar-refractivity contribution in [2.75, 3.05) is 4.90 Å². The number of rotatable bonds is 3. The second kappa shape index (κ2) is 7.13. The van der Waals surface area contributed by atoms with E-state index >= 15 is 0 Å². The van der Waals surface area contributed by atoms with Crippen LogP contribution in [0, 0.1) is 0 Å². The van der Waals surface area contributed by atoms with Crippen molar-refractivity contribution in [3.8, 4) is 0 Å². The first-order valence-electron chi connectivity index (χ1n) is 10.5. The molecule has 6 rings (SSSR count). The zero-order valence-corrected chi connectivity index (χ0v) is 17.2. The summed E-state index contributed by atoms with van der Waals surface area (Å²) >= 11 is 0. The average Bonchev–Trinajstić information content (AvgIpc) is 3.12. The van der Waals surface area contributed by atoms with E-state index in [0.717, 1.165) is 38.8 Å². The van der Waals surface area contributed by atoms with E-state index in [1.165, 1.54) is 0 Å². The highest BCUT2D eigenvalue weighted by Crippen LogP contribution is 2.53. The van der Waals surface area contributed by atoms with E-state index in [1.807, 2.05) is 71.6 Å². The van der Waals surface area contributed by atoms with Crippen molar-refractivity contribution in [1.82, 2.24) is 9.97 Å². The molecule has 3 aromatic carbocycles. The number of para-hydroxylation sites is 1. The van der Waals surface area contributed by atoms with Crippen LogP contribution in [0.5, 0.6) is 0 Å². The maximum absolute atomic E-state index is 14.5. The van der Waals surface area contributed by atoms with Gasteiger partial charge in [-0.05, 0) is 70.4 Å². The number of fused-ring (bicyclic) bond motifs is 2. The summed E-state index contributed by atoms with van der Waals surface area (Å²) < 4.78 is 0. The second-order valence-electron chi connectivity index (χ2n) is 7.91. The van der Waals surface area contributed by atoms with Gasteiger partial charge in [0.2, 0.25) is 0 Å². The third kappa shape index (κ3) is 2.53. The van der Waals surface area contributed by atoms with Crippen molar-refractivity contribution < 1.29 is 4.79 Å². The first kappa shape index (κ1) is 18.5. The summed E-state index contributed by atoms with van der Waals surface area (Å²) in [7, 11) is 0. The van der Waals surface area contributed by atoms with Gasteiger partial charge in [0.15, 0.2) is 0 Å². The quantitative estimate of drug-likeness (QED) is 0.384. The zero-order chi connectivity index (χ0) is 21.5. The molecule has 4 nitrogen and oxygen atoms in total. The number of hydrogen-bond donors (Lipinski definition) is 0. The highest BCUT2D eigenvalue weighted by atomic mass is 16.2. The van der Waals surface area contributed by atoms with E-state index in [-0.39, 0.29) is 5.91 Å². The van der Waals surface area contributed by atoms with Crippen LogP contribution in [0.25, 0.3) is 10.8 Å². The number of anilines is 2. The standard InChI is InChI=1S/C28H19N3O/c32-27-28(22-10-14-29-15-11-22,23-12-16-30-17-13-23)25-18-20-6-4-5-7-21(20)19-26(25)31(27)24-8-2-1-3-9-24/h1-19H. The number of pyridine rings is 2. The summed E-state index contributed by atoms with van der Waals surface area (Å²) in [6, 6.07) is 30.1. The second-order valence-corrected chi connectivity index (χ2v) is 7.91. The van der Waals surface area contributed by atoms with Crippen molar-refractivity contribution in [1.29, 1.82) is 0 Å². The van der Waals surface area contributed by atoms with Gasteiger partial charge in [0, 0.05) is 36.0 Å². The Hall–Kier alpha value is -4.31. The third-order valence-electron chi connectivity index (χ3n) is 6.27. The molecule has 0 saturated heterocycles. The Morgan fingerprint density at radius 3 is 1.75 bits per heavy atom. The van der Waals surface area contributed by atoms with Crippen LogP contribution < -0.4 is 4.90 Å². The van der Waals surface area contributed by atoms with Crippen LogP contribution in [0.3, 0.4) is 0 Å². The summed E-state index contributed by atoms with van der Waals surface area (Å²) in [5.74, 6) is -0.00796. The fourth-order valence-electron chi connectivity index (χ4n) is 4.87. The molecule has 5 aromatic rings. The highest BCUT2D eigenvalue weighted by Gasteiger charge is 2.54. The van der Waals surface area contributed by atoms with Crippen molar-refractivity contribution in [3.05, 3.63) is 132 Å². The first-order valence-corrected chi connectivity index (χ1v) is 10.5. The molecule has 0 bridgehead atoms. The summed E-state index contributed by atoms with van der Waals surface area (Å²) in [5, 5.41) is 2.20. The van der Waals surface area contributed by atoms with Crippen LogP contribution in [0.15, 0.2) is 116 Å². The minimum atomic E-state index is -0.999. The van der Waals surface area contributed by atoms with Crippen LogP contribution in [-0.4, -0.2) is 15.9 Å². The molecule has 0 aliphatic carbocycles. The zero-order valence-electron chi connectivity index (χ0n) is 17.2. The van der Waals surface area contributed by atoms with E-state index in [4.69, 9.17) is 0 Å². The number of nitrogens with zero attached hydrogens (tertiary/aromatic N) is 3. The van der Waals surface area contributed by atoms with Gasteiger partial charge in [-0.25, -0.2) is 0 Å². The van der Waals surface area contributed by atoms with Gasteiger partial charge in [-0.1, -0.05) is 42.5 Å². The lowest BCUT2D eigenvalue weighted by atomic mass is 9.70. The number of aromatic nitrogens is 2. The highest BCUT2D eigenvalue weighted by molar-refractivity contribution is 6.18. The van der Waals surface area contributed by atoms with Crippen LogP contribution in [0.2, 0.25) is 0 Å². The van der Waals surface area contributed by atoms with Gasteiger partial charge in [0.25, 0.3) is 5.91 Å². The third-order valence-corrected chi connectivity index (χ3v) is 6.27. The Morgan fingerprint density at radius 1 is 0.625 bits per heavy atom. The topological polar surface area (TPSA) is 46.1 Å². The van der Waals surface area contributed by atoms with Crippen molar-refractivity contribution in [3.63, 3.8) is 0 Å². The summed E-state index contributed by atoms with van der Waals surface area (Å²) in [6.45, 7) is 0. The van der Waals surface area contributed by atoms with E-state index in [2.05, 4.69) is 34.2 Å². The number of benzene rings is 3. The summed E-state index contributed by atoms with van der Waals surface area (Å²) in [4.78, 5) is 24.8. The molecule has 4 heteroatoms. The summed E-state index contributed by atoms with van der Waals surface area (Å²) in [5.41, 5.74) is 3.48. The molecule has 0 spiro atoms. The van der Waals surface area contributed by atoms with Crippen molar-refractivity contribution in [2.24, 2.45) is 0 Å². The van der Waals surface area contributed by atoms with Crippen molar-refractivity contribution >= 4 is 28.1 Å². The van der Waals surface area contributed by atoms with Gasteiger partial charge < -0.3 is 0 Å². The van der Waals surface area contributed by atoms with Gasteiger partial charge in [-0.2, -0.15) is 0 Å². The molecule has 32 heavy (non-hydrogen) atoms. The first-order chi connectivity index (χ1) is 15.8. The largest absolute Gasteiger partial charge is 0.279 e. The molecule has 0 fully saturated rings. The Bertz CT molecular complexity index is 1390. The molecule has 0 radical (unpaired) electrons. The van der Waals surface area contributed by atoms with Crippen LogP contribution >= 0.6 is 0 Å². The maximum atomic E-state index is 14.5. The molecule has 0 saturated carbocycles. The van der Waals surface area contributed by atoms with E-state index in [0.29, 0.717) is 0 Å². The van der Waals surface area contributed by atoms with Crippen LogP contribution in [0.1, 0.15) is 16.7 Å². The molecular formula is C28H19N3O. The summed E-state index contributed by atoms with van der Waals surface area (Å²) in [6.07, 6.45) is 6.99. The van der Waals surface area contributed by atoms with Gasteiger partial charge in [0.1, 0.15) is 5.41 Å². The van der Waals surface area contributed by atoms with Gasteiger partial charge >= 0.3 is 0 Å². The number of carbonyl (C=O) groups excluding carboxylic acids is 1. The Kier molecular flexibility index (Phi) is 4.12. The molecule has 0 N–H and O–H groups in total. The van der Waals surface area contributed by atoms with E-state index < -0.39 is 5.41 Å². The van der Waals surface area contributed by atoms with Gasteiger partial charge in [-0.15, -0.1) is 0 Å². The Morgan fingerprint density at radius 2 is 1.16 bits per heavy atom. The van der Waals surface area contributed by atoms with Gasteiger partial charge in [0.05, 0.1) is 5.69 Å². The van der Waals surface area contributed by atoms with E-state index in [1.54, 1.807) is 24.8 Å². The van der Waals surface area contributed by atoms with Crippen LogP contribution in [0.4, 0.5) is 11.4 Å². The molecule has 1 aliphatic heterocycles. The molecule has 3 heterocycles. The smallest absolute Gasteiger partial charge is 0.251 e. The molecule has 1 amide bonds. The molecular weight excluding hydrogens is 394 g/mol. The van der Waals surface area contributed by atoms with Crippen LogP contribution in [-0.2, 0) is 10.2 Å². The molecule has 1 aliphatic rings. The lowest BCUT2D eigenvalue weighted by Crippen LogP contribution is -2.40. The van der Waals surface area contributed by atoms with E-state index in [9.17, 15) is 4.79 Å². The fourth-order valence-corrected chi connectivity index (χ4v) is 4.87. The SMILES string of the molecule is O=C1N(c2ccccc2)c2cc3ccccc3cc2C1(c1ccncc1)c1ccncc1. The van der Waals surface area contributed by atoms with Gasteiger partial charge in [-0.3, -0.25) is 19.7 Å². The number of carbonyl (C=O) groups is 1. The molecule has 0 atom stereocenters. The lowest BCUT2D eigenvalue weighted by molar-refractivity contribution is -0.120. The molecule has 152 valence electrons. The lowest BCUT2D eigenvalue weighted by Gasteiger charge is -2.30. The number of amides is 1. The van der Waals surface area contributed by atoms with Crippen molar-refractivity contribution in [2.45, 2.75) is 5.41 Å². The molecule has 0 unspecified atom stereocenters. The maximum Gasteiger partial charge on any atom is 0.251 e. The predicted octanol–water partition coefficient (Wildman–Crippen LogP) is 5.64. The average molecular weight is 413 g/mol. The number of hydrogen-bond acceptors (Lipinski definition) is 3. The minimum absolute atomic E-state index is 0.00796. The Balaban J connectivity index is 1.76.